The van der Waals surface area contributed by atoms with Gasteiger partial charge in [0.2, 0.25) is 10.0 Å². The lowest BCUT2D eigenvalue weighted by Crippen LogP contribution is -2.30. The topological polar surface area (TPSA) is 82.0 Å². The fourth-order valence-electron chi connectivity index (χ4n) is 1.91. The molecule has 0 aliphatic carbocycles. The van der Waals surface area contributed by atoms with E-state index in [2.05, 4.69) is 10.0 Å². The molecule has 106 valence electrons. The number of sulfonamides is 1. The van der Waals surface area contributed by atoms with Crippen LogP contribution in [-0.2, 0) is 10.0 Å². The first-order valence-electron chi connectivity index (χ1n) is 6.11. The van der Waals surface area contributed by atoms with Crippen molar-refractivity contribution in [1.82, 2.24) is 10.0 Å². The van der Waals surface area contributed by atoms with Gasteiger partial charge in [-0.2, -0.15) is 5.26 Å². The maximum Gasteiger partial charge on any atom is 0.242 e. The molecule has 2 rings (SSSR count). The van der Waals surface area contributed by atoms with Gasteiger partial charge in [-0.15, -0.1) is 0 Å². The average molecular weight is 312 g/mol. The van der Waals surface area contributed by atoms with Gasteiger partial charge in [-0.3, -0.25) is 0 Å². The fraction of sp³-hybridized carbons (Fsp3) is 0.308. The summed E-state index contributed by atoms with van der Waals surface area (Å²) in [4.78, 5) is -0.0814. The second-order valence-corrected chi connectivity index (χ2v) is 6.57. The van der Waals surface area contributed by atoms with E-state index in [0.29, 0.717) is 0 Å². The molecule has 20 heavy (non-hydrogen) atoms. The molecule has 0 saturated carbocycles. The summed E-state index contributed by atoms with van der Waals surface area (Å²) in [6.45, 7) is 1.84. The summed E-state index contributed by atoms with van der Waals surface area (Å²) in [6.07, 6.45) is 2.78. The monoisotopic (exact) mass is 311 g/mol. The van der Waals surface area contributed by atoms with Crippen LogP contribution in [-0.4, -0.2) is 28.1 Å². The molecule has 0 unspecified atom stereocenters. The van der Waals surface area contributed by atoms with E-state index in [1.807, 2.05) is 12.1 Å². The lowest BCUT2D eigenvalue weighted by Gasteiger charge is -2.15. The Morgan fingerprint density at radius 2 is 2.25 bits per heavy atom. The van der Waals surface area contributed by atoms with E-state index in [9.17, 15) is 8.42 Å². The highest BCUT2D eigenvalue weighted by molar-refractivity contribution is 7.89. The molecular weight excluding hydrogens is 298 g/mol. The Balaban J connectivity index is 2.20. The Morgan fingerprint density at radius 1 is 1.45 bits per heavy atom. The molecule has 0 atom stereocenters. The number of hydrogen-bond acceptors (Lipinski definition) is 4. The SMILES string of the molecule is N#Cc1ccc(Cl)cc1S(=O)(=O)NCC1=CCNCC1. The number of rotatable bonds is 4. The van der Waals surface area contributed by atoms with Crippen LogP contribution in [0.15, 0.2) is 34.7 Å². The summed E-state index contributed by atoms with van der Waals surface area (Å²) in [5.74, 6) is 0. The van der Waals surface area contributed by atoms with Gasteiger partial charge in [0.15, 0.2) is 0 Å². The normalized spacial score (nSPS) is 15.5. The number of nitriles is 1. The average Bonchev–Trinajstić information content (AvgIpc) is 2.46. The van der Waals surface area contributed by atoms with Crippen LogP contribution < -0.4 is 10.0 Å². The van der Waals surface area contributed by atoms with Crippen molar-refractivity contribution < 1.29 is 8.42 Å². The van der Waals surface area contributed by atoms with Crippen molar-refractivity contribution in [2.24, 2.45) is 0 Å². The molecule has 1 aliphatic heterocycles. The van der Waals surface area contributed by atoms with Gasteiger partial charge in [0.1, 0.15) is 11.0 Å². The van der Waals surface area contributed by atoms with Crippen molar-refractivity contribution in [3.05, 3.63) is 40.4 Å². The predicted molar refractivity (Wildman–Crippen MR) is 76.9 cm³/mol. The van der Waals surface area contributed by atoms with Gasteiger partial charge in [0.25, 0.3) is 0 Å². The zero-order valence-corrected chi connectivity index (χ0v) is 12.3. The maximum atomic E-state index is 12.2. The van der Waals surface area contributed by atoms with Gasteiger partial charge in [-0.25, -0.2) is 13.1 Å². The Labute approximate surface area is 123 Å². The summed E-state index contributed by atoms with van der Waals surface area (Å²) in [6, 6.07) is 6.05. The maximum absolute atomic E-state index is 12.2. The van der Waals surface area contributed by atoms with Crippen molar-refractivity contribution in [3.63, 3.8) is 0 Å². The van der Waals surface area contributed by atoms with E-state index >= 15 is 0 Å². The van der Waals surface area contributed by atoms with E-state index in [1.54, 1.807) is 0 Å². The molecule has 0 aromatic heterocycles. The third-order valence-electron chi connectivity index (χ3n) is 3.00. The van der Waals surface area contributed by atoms with Gasteiger partial charge in [-0.05, 0) is 31.2 Å². The van der Waals surface area contributed by atoms with E-state index in [-0.39, 0.29) is 22.0 Å². The highest BCUT2D eigenvalue weighted by Crippen LogP contribution is 2.20. The first kappa shape index (κ1) is 15.0. The van der Waals surface area contributed by atoms with Gasteiger partial charge in [-0.1, -0.05) is 23.3 Å². The summed E-state index contributed by atoms with van der Waals surface area (Å²) >= 11 is 5.81. The molecule has 5 nitrogen and oxygen atoms in total. The summed E-state index contributed by atoms with van der Waals surface area (Å²) in [5.41, 5.74) is 1.12. The molecule has 0 radical (unpaired) electrons. The molecule has 0 bridgehead atoms. The van der Waals surface area contributed by atoms with E-state index in [1.165, 1.54) is 18.2 Å². The number of nitrogens with one attached hydrogen (secondary N) is 2. The van der Waals surface area contributed by atoms with Crippen LogP contribution in [0.4, 0.5) is 0 Å². The zero-order chi connectivity index (χ0) is 14.6. The highest BCUT2D eigenvalue weighted by atomic mass is 35.5. The standard InChI is InChI=1S/C13H14ClN3O2S/c14-12-2-1-11(8-15)13(7-12)20(18,19)17-9-10-3-5-16-6-4-10/h1-3,7,16-17H,4-6,9H2. The molecule has 1 aromatic carbocycles. The Kier molecular flexibility index (Phi) is 4.78. The first-order chi connectivity index (χ1) is 9.53. The van der Waals surface area contributed by atoms with E-state index in [4.69, 9.17) is 16.9 Å². The molecule has 0 amide bonds. The largest absolute Gasteiger partial charge is 0.313 e. The third-order valence-corrected chi connectivity index (χ3v) is 4.68. The lowest BCUT2D eigenvalue weighted by molar-refractivity contribution is 0.582. The van der Waals surface area contributed by atoms with Crippen LogP contribution in [0.1, 0.15) is 12.0 Å². The van der Waals surface area contributed by atoms with Crippen LogP contribution in [0.5, 0.6) is 0 Å². The van der Waals surface area contributed by atoms with Crippen molar-refractivity contribution in [3.8, 4) is 6.07 Å². The van der Waals surface area contributed by atoms with Crippen LogP contribution in [0.25, 0.3) is 0 Å². The van der Waals surface area contributed by atoms with E-state index in [0.717, 1.165) is 25.1 Å². The molecule has 0 spiro atoms. The van der Waals surface area contributed by atoms with Crippen molar-refractivity contribution in [2.75, 3.05) is 19.6 Å². The molecule has 1 aliphatic rings. The van der Waals surface area contributed by atoms with Crippen LogP contribution in [0.3, 0.4) is 0 Å². The predicted octanol–water partition coefficient (Wildman–Crippen LogP) is 1.41. The molecule has 1 heterocycles. The van der Waals surface area contributed by atoms with Gasteiger partial charge in [0.05, 0.1) is 5.56 Å². The first-order valence-corrected chi connectivity index (χ1v) is 7.97. The molecule has 1 aromatic rings. The van der Waals surface area contributed by atoms with Gasteiger partial charge in [0, 0.05) is 18.1 Å². The number of hydrogen-bond donors (Lipinski definition) is 2. The fourth-order valence-corrected chi connectivity index (χ4v) is 3.36. The van der Waals surface area contributed by atoms with Crippen LogP contribution >= 0.6 is 11.6 Å². The van der Waals surface area contributed by atoms with Gasteiger partial charge >= 0.3 is 0 Å². The van der Waals surface area contributed by atoms with Crippen molar-refractivity contribution in [1.29, 1.82) is 5.26 Å². The Hall–Kier alpha value is -1.39. The van der Waals surface area contributed by atoms with Crippen molar-refractivity contribution in [2.45, 2.75) is 11.3 Å². The van der Waals surface area contributed by atoms with Crippen molar-refractivity contribution >= 4 is 21.6 Å². The molecule has 2 N–H and O–H groups in total. The minimum Gasteiger partial charge on any atom is -0.313 e. The summed E-state index contributed by atoms with van der Waals surface area (Å²) in [7, 11) is -3.74. The molecular formula is C13H14ClN3O2S. The lowest BCUT2D eigenvalue weighted by atomic mass is 10.1. The Morgan fingerprint density at radius 3 is 2.90 bits per heavy atom. The quantitative estimate of drug-likeness (QED) is 0.824. The summed E-state index contributed by atoms with van der Waals surface area (Å²) < 4.78 is 27.0. The number of nitrogens with zero attached hydrogens (tertiary/aromatic N) is 1. The molecule has 0 saturated heterocycles. The molecule has 7 heteroatoms. The number of halogens is 1. The molecule has 0 fully saturated rings. The number of benzene rings is 1. The second-order valence-electron chi connectivity index (χ2n) is 4.39. The zero-order valence-electron chi connectivity index (χ0n) is 10.7. The smallest absolute Gasteiger partial charge is 0.242 e. The summed E-state index contributed by atoms with van der Waals surface area (Å²) in [5, 5.41) is 12.4. The van der Waals surface area contributed by atoms with Crippen LogP contribution in [0.2, 0.25) is 5.02 Å². The second kappa shape index (κ2) is 6.37. The minimum atomic E-state index is -3.74. The highest BCUT2D eigenvalue weighted by Gasteiger charge is 2.19. The minimum absolute atomic E-state index is 0.0814. The van der Waals surface area contributed by atoms with Crippen LogP contribution in [0, 0.1) is 11.3 Å². The van der Waals surface area contributed by atoms with Gasteiger partial charge < -0.3 is 5.32 Å². The van der Waals surface area contributed by atoms with E-state index < -0.39 is 10.0 Å². The third kappa shape index (κ3) is 3.58. The Bertz CT molecular complexity index is 677.